The average molecular weight is 339 g/mol. The molecule has 1 fully saturated rings. The van der Waals surface area contributed by atoms with E-state index in [1.54, 1.807) is 17.9 Å². The summed E-state index contributed by atoms with van der Waals surface area (Å²) >= 11 is 0. The number of hydrogen-bond donors (Lipinski definition) is 2. The molecule has 4 rings (SSSR count). The van der Waals surface area contributed by atoms with Gasteiger partial charge in [0, 0.05) is 30.8 Å². The molecule has 1 saturated carbocycles. The van der Waals surface area contributed by atoms with E-state index in [2.05, 4.69) is 20.5 Å². The van der Waals surface area contributed by atoms with E-state index in [-0.39, 0.29) is 23.8 Å². The number of anilines is 1. The maximum atomic E-state index is 12.6. The summed E-state index contributed by atoms with van der Waals surface area (Å²) < 4.78 is 0. The summed E-state index contributed by atoms with van der Waals surface area (Å²) in [7, 11) is 0. The van der Waals surface area contributed by atoms with Gasteiger partial charge in [0.2, 0.25) is 5.91 Å². The molecule has 1 aromatic heterocycles. The molecule has 1 unspecified atom stereocenters. The smallest absolute Gasteiger partial charge is 0.251 e. The molecule has 2 amide bonds. The van der Waals surface area contributed by atoms with Crippen LogP contribution in [0.2, 0.25) is 0 Å². The summed E-state index contributed by atoms with van der Waals surface area (Å²) in [5, 5.41) is 9.92. The van der Waals surface area contributed by atoms with Crippen LogP contribution in [0.3, 0.4) is 0 Å². The van der Waals surface area contributed by atoms with E-state index in [1.165, 1.54) is 19.2 Å². The summed E-state index contributed by atoms with van der Waals surface area (Å²) in [5.41, 5.74) is 2.40. The predicted molar refractivity (Wildman–Crippen MR) is 92.4 cm³/mol. The molecule has 2 aromatic rings. The summed E-state index contributed by atoms with van der Waals surface area (Å²) in [6.07, 6.45) is 5.92. The van der Waals surface area contributed by atoms with E-state index in [9.17, 15) is 9.59 Å². The SMILES string of the molecule is CC(=O)N1CC(c2ncn[nH]2)c2cc(C(=O)NC3CCCC3)ccc21. The summed E-state index contributed by atoms with van der Waals surface area (Å²) in [6.45, 7) is 2.06. The van der Waals surface area contributed by atoms with Gasteiger partial charge in [-0.15, -0.1) is 0 Å². The molecule has 2 aliphatic rings. The van der Waals surface area contributed by atoms with Gasteiger partial charge in [-0.05, 0) is 36.6 Å². The number of aromatic nitrogens is 3. The number of nitrogens with one attached hydrogen (secondary N) is 2. The van der Waals surface area contributed by atoms with Crippen molar-refractivity contribution >= 4 is 17.5 Å². The third-order valence-electron chi connectivity index (χ3n) is 5.16. The normalized spacial score (nSPS) is 19.9. The Morgan fingerprint density at radius 1 is 1.28 bits per heavy atom. The lowest BCUT2D eigenvalue weighted by Crippen LogP contribution is -2.32. The molecule has 1 aromatic carbocycles. The molecule has 1 atom stereocenters. The van der Waals surface area contributed by atoms with Crippen molar-refractivity contribution < 1.29 is 9.59 Å². The Hall–Kier alpha value is -2.70. The van der Waals surface area contributed by atoms with Gasteiger partial charge in [0.25, 0.3) is 5.91 Å². The van der Waals surface area contributed by atoms with Crippen LogP contribution in [-0.4, -0.2) is 39.6 Å². The monoisotopic (exact) mass is 339 g/mol. The van der Waals surface area contributed by atoms with Crippen molar-refractivity contribution in [2.45, 2.75) is 44.6 Å². The van der Waals surface area contributed by atoms with Gasteiger partial charge in [-0.2, -0.15) is 5.10 Å². The number of hydrogen-bond acceptors (Lipinski definition) is 4. The fraction of sp³-hybridized carbons (Fsp3) is 0.444. The van der Waals surface area contributed by atoms with Gasteiger partial charge in [0.05, 0.1) is 5.92 Å². The lowest BCUT2D eigenvalue weighted by molar-refractivity contribution is -0.116. The minimum atomic E-state index is -0.0966. The maximum absolute atomic E-state index is 12.6. The first kappa shape index (κ1) is 15.8. The highest BCUT2D eigenvalue weighted by atomic mass is 16.2. The number of benzene rings is 1. The Bertz CT molecular complexity index is 796. The highest BCUT2D eigenvalue weighted by Gasteiger charge is 2.34. The van der Waals surface area contributed by atoms with Gasteiger partial charge in [-0.1, -0.05) is 12.8 Å². The standard InChI is InChI=1S/C18H21N5O2/c1-11(24)23-9-15(17-19-10-20-22-17)14-8-12(6-7-16(14)23)18(25)21-13-4-2-3-5-13/h6-8,10,13,15H,2-5,9H2,1H3,(H,21,25)(H,19,20,22). The minimum Gasteiger partial charge on any atom is -0.349 e. The first-order chi connectivity index (χ1) is 12.1. The third kappa shape index (κ3) is 2.90. The van der Waals surface area contributed by atoms with Crippen LogP contribution in [0, 0.1) is 0 Å². The van der Waals surface area contributed by atoms with Crippen LogP contribution < -0.4 is 10.2 Å². The molecule has 0 radical (unpaired) electrons. The second-order valence-electron chi connectivity index (χ2n) is 6.78. The summed E-state index contributed by atoms with van der Waals surface area (Å²) in [5.74, 6) is 0.540. The van der Waals surface area contributed by atoms with Crippen LogP contribution in [-0.2, 0) is 4.79 Å². The molecule has 0 saturated heterocycles. The number of H-pyrrole nitrogens is 1. The molecule has 2 N–H and O–H groups in total. The highest BCUT2D eigenvalue weighted by Crippen LogP contribution is 2.39. The van der Waals surface area contributed by atoms with Crippen LogP contribution in [0.25, 0.3) is 0 Å². The first-order valence-corrected chi connectivity index (χ1v) is 8.71. The average Bonchev–Trinajstić information content (AvgIpc) is 3.34. The van der Waals surface area contributed by atoms with Gasteiger partial charge < -0.3 is 10.2 Å². The van der Waals surface area contributed by atoms with Crippen molar-refractivity contribution in [3.8, 4) is 0 Å². The van der Waals surface area contributed by atoms with Gasteiger partial charge in [-0.25, -0.2) is 4.98 Å². The van der Waals surface area contributed by atoms with Crippen molar-refractivity contribution in [3.05, 3.63) is 41.5 Å². The third-order valence-corrected chi connectivity index (χ3v) is 5.16. The van der Waals surface area contributed by atoms with E-state index in [0.717, 1.165) is 24.1 Å². The molecule has 7 heteroatoms. The lowest BCUT2D eigenvalue weighted by atomic mass is 9.98. The second kappa shape index (κ2) is 6.31. The maximum Gasteiger partial charge on any atom is 0.251 e. The minimum absolute atomic E-state index is 0.0218. The fourth-order valence-electron chi connectivity index (χ4n) is 3.85. The van der Waals surface area contributed by atoms with Crippen LogP contribution in [0.15, 0.2) is 24.5 Å². The molecule has 25 heavy (non-hydrogen) atoms. The van der Waals surface area contributed by atoms with Crippen LogP contribution in [0.1, 0.15) is 60.3 Å². The molecular formula is C18H21N5O2. The molecule has 7 nitrogen and oxygen atoms in total. The van der Waals surface area contributed by atoms with Crippen molar-refractivity contribution in [1.29, 1.82) is 0 Å². The van der Waals surface area contributed by atoms with E-state index >= 15 is 0 Å². The number of amides is 2. The quantitative estimate of drug-likeness (QED) is 0.894. The largest absolute Gasteiger partial charge is 0.349 e. The molecular weight excluding hydrogens is 318 g/mol. The van der Waals surface area contributed by atoms with Gasteiger partial charge in [-0.3, -0.25) is 14.7 Å². The van der Waals surface area contributed by atoms with Crippen LogP contribution in [0.5, 0.6) is 0 Å². The number of fused-ring (bicyclic) bond motifs is 1. The van der Waals surface area contributed by atoms with Crippen molar-refractivity contribution in [2.75, 3.05) is 11.4 Å². The Balaban J connectivity index is 1.65. The second-order valence-corrected chi connectivity index (χ2v) is 6.78. The molecule has 1 aliphatic heterocycles. The molecule has 1 aliphatic carbocycles. The number of rotatable bonds is 3. The molecule has 0 spiro atoms. The van der Waals surface area contributed by atoms with Crippen LogP contribution in [0.4, 0.5) is 5.69 Å². The molecule has 2 heterocycles. The zero-order chi connectivity index (χ0) is 17.4. The van der Waals surface area contributed by atoms with E-state index in [4.69, 9.17) is 0 Å². The first-order valence-electron chi connectivity index (χ1n) is 8.71. The zero-order valence-corrected chi connectivity index (χ0v) is 14.2. The Morgan fingerprint density at radius 3 is 2.76 bits per heavy atom. The number of nitrogens with zero attached hydrogens (tertiary/aromatic N) is 3. The van der Waals surface area contributed by atoms with Gasteiger partial charge >= 0.3 is 0 Å². The topological polar surface area (TPSA) is 91.0 Å². The van der Waals surface area contributed by atoms with Crippen molar-refractivity contribution in [1.82, 2.24) is 20.5 Å². The number of carbonyl (C=O) groups is 2. The van der Waals surface area contributed by atoms with E-state index < -0.39 is 0 Å². The summed E-state index contributed by atoms with van der Waals surface area (Å²) in [4.78, 5) is 30.5. The van der Waals surface area contributed by atoms with Crippen molar-refractivity contribution in [3.63, 3.8) is 0 Å². The number of carbonyl (C=O) groups excluding carboxylic acids is 2. The Kier molecular flexibility index (Phi) is 3.99. The Labute approximate surface area is 145 Å². The fourth-order valence-corrected chi connectivity index (χ4v) is 3.85. The lowest BCUT2D eigenvalue weighted by Gasteiger charge is -2.15. The summed E-state index contributed by atoms with van der Waals surface area (Å²) in [6, 6.07) is 5.81. The zero-order valence-electron chi connectivity index (χ0n) is 14.2. The van der Waals surface area contributed by atoms with Gasteiger partial charge in [0.1, 0.15) is 12.2 Å². The van der Waals surface area contributed by atoms with Crippen molar-refractivity contribution in [2.24, 2.45) is 0 Å². The highest BCUT2D eigenvalue weighted by molar-refractivity contribution is 5.98. The Morgan fingerprint density at radius 2 is 2.08 bits per heavy atom. The van der Waals surface area contributed by atoms with Gasteiger partial charge in [0.15, 0.2) is 0 Å². The predicted octanol–water partition coefficient (Wildman–Crippen LogP) is 1.98. The number of aromatic amines is 1. The van der Waals surface area contributed by atoms with Crippen LogP contribution >= 0.6 is 0 Å². The van der Waals surface area contributed by atoms with E-state index in [1.807, 2.05) is 12.1 Å². The van der Waals surface area contributed by atoms with E-state index in [0.29, 0.717) is 17.9 Å². The molecule has 0 bridgehead atoms. The molecule has 130 valence electrons.